The second kappa shape index (κ2) is 6.61. The number of benzene rings is 1. The minimum Gasteiger partial charge on any atom is -0.351 e. The molecule has 5 heteroatoms. The summed E-state index contributed by atoms with van der Waals surface area (Å²) in [5.41, 5.74) is 5.45. The van der Waals surface area contributed by atoms with Crippen molar-refractivity contribution in [1.82, 2.24) is 5.32 Å². The summed E-state index contributed by atoms with van der Waals surface area (Å²) in [6.45, 7) is 4.15. The van der Waals surface area contributed by atoms with Crippen LogP contribution in [0.4, 0.5) is 8.78 Å². The number of hydrogen-bond acceptors (Lipinski definition) is 2. The number of hydrogen-bond donors (Lipinski definition) is 2. The van der Waals surface area contributed by atoms with Gasteiger partial charge < -0.3 is 11.1 Å². The van der Waals surface area contributed by atoms with Gasteiger partial charge in [-0.15, -0.1) is 0 Å². The Kier molecular flexibility index (Phi) is 5.42. The first kappa shape index (κ1) is 15.6. The van der Waals surface area contributed by atoms with Crippen molar-refractivity contribution in [1.29, 1.82) is 0 Å². The highest BCUT2D eigenvalue weighted by Gasteiger charge is 2.32. The Morgan fingerprint density at radius 1 is 1.21 bits per heavy atom. The van der Waals surface area contributed by atoms with Crippen LogP contribution in [0.2, 0.25) is 0 Å². The highest BCUT2D eigenvalue weighted by molar-refractivity contribution is 5.82. The molecule has 1 rings (SSSR count). The van der Waals surface area contributed by atoms with Gasteiger partial charge in [-0.05, 0) is 30.5 Å². The van der Waals surface area contributed by atoms with Gasteiger partial charge in [0.1, 0.15) is 11.6 Å². The number of carbonyl (C=O) groups is 1. The molecule has 0 aromatic heterocycles. The van der Waals surface area contributed by atoms with Crippen LogP contribution in [0.25, 0.3) is 0 Å². The molecule has 1 aromatic rings. The molecule has 3 N–H and O–H groups in total. The van der Waals surface area contributed by atoms with E-state index in [2.05, 4.69) is 5.32 Å². The summed E-state index contributed by atoms with van der Waals surface area (Å²) < 4.78 is 26.0. The Morgan fingerprint density at radius 2 is 1.74 bits per heavy atom. The lowest BCUT2D eigenvalue weighted by molar-refractivity contribution is -0.131. The van der Waals surface area contributed by atoms with Crippen molar-refractivity contribution >= 4 is 5.91 Å². The van der Waals surface area contributed by atoms with Crippen LogP contribution in [-0.4, -0.2) is 12.5 Å². The van der Waals surface area contributed by atoms with E-state index in [1.54, 1.807) is 0 Å². The van der Waals surface area contributed by atoms with Gasteiger partial charge in [0.2, 0.25) is 5.91 Å². The van der Waals surface area contributed by atoms with Gasteiger partial charge in [0, 0.05) is 19.2 Å². The number of nitrogens with two attached hydrogens (primary N) is 1. The minimum atomic E-state index is -0.652. The third-order valence-electron chi connectivity index (χ3n) is 3.60. The van der Waals surface area contributed by atoms with Gasteiger partial charge in [-0.25, -0.2) is 8.78 Å². The summed E-state index contributed by atoms with van der Waals surface area (Å²) in [5.74, 6) is -1.48. The molecule has 19 heavy (non-hydrogen) atoms. The molecule has 3 nitrogen and oxygen atoms in total. The van der Waals surface area contributed by atoms with Gasteiger partial charge in [0.15, 0.2) is 0 Å². The maximum Gasteiger partial charge on any atom is 0.227 e. The maximum absolute atomic E-state index is 13.0. The Hall–Kier alpha value is -1.49. The van der Waals surface area contributed by atoms with E-state index in [0.29, 0.717) is 18.4 Å². The SMILES string of the molecule is CCC(CC)(CN)C(=O)NCc1cc(F)cc(F)c1. The van der Waals surface area contributed by atoms with Gasteiger partial charge in [0.25, 0.3) is 0 Å². The monoisotopic (exact) mass is 270 g/mol. The standard InChI is InChI=1S/C14H20F2N2O/c1-3-14(4-2,9-17)13(19)18-8-10-5-11(15)7-12(16)6-10/h5-7H,3-4,8-9,17H2,1-2H3,(H,18,19). The fraction of sp³-hybridized carbons (Fsp3) is 0.500. The Balaban J connectivity index is 2.73. The van der Waals surface area contributed by atoms with Crippen molar-refractivity contribution in [2.24, 2.45) is 11.1 Å². The second-order valence-corrected chi connectivity index (χ2v) is 4.65. The van der Waals surface area contributed by atoms with Crippen molar-refractivity contribution in [3.63, 3.8) is 0 Å². The smallest absolute Gasteiger partial charge is 0.227 e. The lowest BCUT2D eigenvalue weighted by atomic mass is 9.81. The quantitative estimate of drug-likeness (QED) is 0.833. The lowest BCUT2D eigenvalue weighted by Gasteiger charge is -2.28. The first-order valence-electron chi connectivity index (χ1n) is 6.40. The molecule has 0 aliphatic rings. The van der Waals surface area contributed by atoms with Gasteiger partial charge >= 0.3 is 0 Å². The van der Waals surface area contributed by atoms with E-state index in [-0.39, 0.29) is 19.0 Å². The molecule has 1 amide bonds. The molecule has 0 bridgehead atoms. The van der Waals surface area contributed by atoms with Gasteiger partial charge in [-0.3, -0.25) is 4.79 Å². The molecule has 106 valence electrons. The summed E-state index contributed by atoms with van der Waals surface area (Å²) in [6, 6.07) is 3.20. The van der Waals surface area contributed by atoms with Crippen LogP contribution in [0.5, 0.6) is 0 Å². The molecule has 0 heterocycles. The molecule has 0 aliphatic heterocycles. The fourth-order valence-corrected chi connectivity index (χ4v) is 2.04. The molecule has 0 radical (unpaired) electrons. The van der Waals surface area contributed by atoms with Crippen LogP contribution in [0.15, 0.2) is 18.2 Å². The molecule has 0 saturated heterocycles. The molecular formula is C14H20F2N2O. The second-order valence-electron chi connectivity index (χ2n) is 4.65. The predicted molar refractivity (Wildman–Crippen MR) is 70.3 cm³/mol. The van der Waals surface area contributed by atoms with Crippen LogP contribution in [0.3, 0.4) is 0 Å². The summed E-state index contributed by atoms with van der Waals surface area (Å²) >= 11 is 0. The molecule has 0 saturated carbocycles. The van der Waals surface area contributed by atoms with Gasteiger partial charge in [-0.1, -0.05) is 13.8 Å². The van der Waals surface area contributed by atoms with Gasteiger partial charge in [-0.2, -0.15) is 0 Å². The number of amides is 1. The van der Waals surface area contributed by atoms with Crippen LogP contribution in [0, 0.1) is 17.0 Å². The van der Waals surface area contributed by atoms with Crippen molar-refractivity contribution in [3.8, 4) is 0 Å². The third-order valence-corrected chi connectivity index (χ3v) is 3.60. The topological polar surface area (TPSA) is 55.1 Å². The van der Waals surface area contributed by atoms with E-state index in [1.165, 1.54) is 12.1 Å². The van der Waals surface area contributed by atoms with Crippen molar-refractivity contribution in [2.45, 2.75) is 33.2 Å². The zero-order valence-corrected chi connectivity index (χ0v) is 11.3. The highest BCUT2D eigenvalue weighted by atomic mass is 19.1. The molecule has 0 spiro atoms. The Labute approximate surface area is 112 Å². The normalized spacial score (nSPS) is 11.4. The minimum absolute atomic E-state index is 0.0925. The van der Waals surface area contributed by atoms with E-state index in [9.17, 15) is 13.6 Å². The maximum atomic E-state index is 13.0. The van der Waals surface area contributed by atoms with Crippen molar-refractivity contribution < 1.29 is 13.6 Å². The Bertz CT molecular complexity index is 417. The van der Waals surface area contributed by atoms with Crippen molar-refractivity contribution in [2.75, 3.05) is 6.54 Å². The molecule has 0 unspecified atom stereocenters. The lowest BCUT2D eigenvalue weighted by Crippen LogP contribution is -2.45. The summed E-state index contributed by atoms with van der Waals surface area (Å²) in [4.78, 5) is 12.1. The summed E-state index contributed by atoms with van der Waals surface area (Å²) in [6.07, 6.45) is 1.26. The van der Waals surface area contributed by atoms with Crippen LogP contribution >= 0.6 is 0 Å². The number of nitrogens with one attached hydrogen (secondary N) is 1. The third kappa shape index (κ3) is 3.73. The zero-order chi connectivity index (χ0) is 14.5. The van der Waals surface area contributed by atoms with Gasteiger partial charge in [0.05, 0.1) is 5.41 Å². The summed E-state index contributed by atoms with van der Waals surface area (Å²) in [7, 11) is 0. The first-order valence-corrected chi connectivity index (χ1v) is 6.40. The first-order chi connectivity index (χ1) is 8.97. The zero-order valence-electron chi connectivity index (χ0n) is 11.3. The van der Waals surface area contributed by atoms with E-state index in [0.717, 1.165) is 6.07 Å². The largest absolute Gasteiger partial charge is 0.351 e. The molecular weight excluding hydrogens is 250 g/mol. The van der Waals surface area contributed by atoms with E-state index >= 15 is 0 Å². The number of rotatable bonds is 6. The van der Waals surface area contributed by atoms with Crippen molar-refractivity contribution in [3.05, 3.63) is 35.4 Å². The predicted octanol–water partition coefficient (Wildman–Crippen LogP) is 2.35. The molecule has 0 aliphatic carbocycles. The average molecular weight is 270 g/mol. The molecule has 0 fully saturated rings. The van der Waals surface area contributed by atoms with E-state index in [1.807, 2.05) is 13.8 Å². The van der Waals surface area contributed by atoms with E-state index < -0.39 is 17.0 Å². The Morgan fingerprint density at radius 3 is 2.16 bits per heavy atom. The number of halogens is 2. The molecule has 1 aromatic carbocycles. The van der Waals surface area contributed by atoms with Crippen LogP contribution < -0.4 is 11.1 Å². The van der Waals surface area contributed by atoms with Crippen LogP contribution in [-0.2, 0) is 11.3 Å². The molecule has 0 atom stereocenters. The fourth-order valence-electron chi connectivity index (χ4n) is 2.04. The van der Waals surface area contributed by atoms with Crippen LogP contribution in [0.1, 0.15) is 32.3 Å². The highest BCUT2D eigenvalue weighted by Crippen LogP contribution is 2.25. The average Bonchev–Trinajstić information content (AvgIpc) is 2.38. The van der Waals surface area contributed by atoms with E-state index in [4.69, 9.17) is 5.73 Å². The number of carbonyl (C=O) groups excluding carboxylic acids is 1. The summed E-state index contributed by atoms with van der Waals surface area (Å²) in [5, 5.41) is 2.69.